The van der Waals surface area contributed by atoms with Crippen LogP contribution in [0.15, 0.2) is 34.9 Å². The number of likely N-dealkylation sites (tertiary alicyclic amines) is 2. The maximum atomic E-state index is 13.1. The smallest absolute Gasteiger partial charge is 0.236 e. The fourth-order valence-corrected chi connectivity index (χ4v) is 4.21. The Kier molecular flexibility index (Phi) is 6.05. The largest absolute Gasteiger partial charge is 0.445 e. The van der Waals surface area contributed by atoms with Gasteiger partial charge in [0.05, 0.1) is 18.7 Å². The van der Waals surface area contributed by atoms with E-state index < -0.39 is 0 Å². The Labute approximate surface area is 165 Å². The number of piperidine rings is 2. The molecule has 0 aliphatic carbocycles. The van der Waals surface area contributed by atoms with Gasteiger partial charge < -0.3 is 9.32 Å². The number of carbonyl (C=O) groups is 1. The van der Waals surface area contributed by atoms with E-state index in [1.807, 2.05) is 4.90 Å². The van der Waals surface area contributed by atoms with Gasteiger partial charge in [0, 0.05) is 19.5 Å². The highest BCUT2D eigenvalue weighted by Gasteiger charge is 2.28. The third kappa shape index (κ3) is 4.79. The maximum Gasteiger partial charge on any atom is 0.236 e. The molecular weight excluding hydrogens is 357 g/mol. The van der Waals surface area contributed by atoms with Gasteiger partial charge in [-0.3, -0.25) is 9.69 Å². The quantitative estimate of drug-likeness (QED) is 0.789. The molecule has 28 heavy (non-hydrogen) atoms. The first kappa shape index (κ1) is 19.1. The topological polar surface area (TPSA) is 49.6 Å². The highest BCUT2D eigenvalue weighted by atomic mass is 19.1. The molecule has 2 saturated heterocycles. The van der Waals surface area contributed by atoms with Crippen LogP contribution in [0.5, 0.6) is 0 Å². The Morgan fingerprint density at radius 1 is 1.11 bits per heavy atom. The van der Waals surface area contributed by atoms with Crippen LogP contribution in [0, 0.1) is 5.82 Å². The maximum absolute atomic E-state index is 13.1. The Hall–Kier alpha value is -2.21. The van der Waals surface area contributed by atoms with Gasteiger partial charge in [-0.05, 0) is 56.5 Å². The number of halogens is 1. The monoisotopic (exact) mass is 385 g/mol. The van der Waals surface area contributed by atoms with Gasteiger partial charge in [-0.1, -0.05) is 18.6 Å². The number of oxazole rings is 1. The summed E-state index contributed by atoms with van der Waals surface area (Å²) < 4.78 is 19.0. The molecule has 0 N–H and O–H groups in total. The minimum absolute atomic E-state index is 0.154. The normalized spacial score (nSPS) is 21.0. The molecule has 0 spiro atoms. The first-order chi connectivity index (χ1) is 13.7. The predicted octanol–water partition coefficient (Wildman–Crippen LogP) is 3.60. The van der Waals surface area contributed by atoms with Crippen molar-refractivity contribution in [3.05, 3.63) is 53.5 Å². The standard InChI is InChI=1S/C22H28FN3O2/c23-19-8-6-17(7-9-19)13-20-14-24-22(28-20)18-5-4-12-26(15-18)21(27)16-25-10-2-1-3-11-25/h6-9,14,18H,1-5,10-13,15-16H2. The summed E-state index contributed by atoms with van der Waals surface area (Å²) in [4.78, 5) is 21.5. The molecule has 5 nitrogen and oxygen atoms in total. The van der Waals surface area contributed by atoms with Gasteiger partial charge >= 0.3 is 0 Å². The Morgan fingerprint density at radius 3 is 2.68 bits per heavy atom. The number of amides is 1. The van der Waals surface area contributed by atoms with Gasteiger partial charge in [-0.15, -0.1) is 0 Å². The molecule has 0 radical (unpaired) electrons. The molecule has 2 aliphatic rings. The second-order valence-corrected chi connectivity index (χ2v) is 7.98. The van der Waals surface area contributed by atoms with Gasteiger partial charge in [0.1, 0.15) is 11.6 Å². The van der Waals surface area contributed by atoms with Crippen molar-refractivity contribution in [2.24, 2.45) is 0 Å². The summed E-state index contributed by atoms with van der Waals surface area (Å²) in [6.07, 6.45) is 7.99. The molecular formula is C22H28FN3O2. The molecule has 1 aromatic carbocycles. The highest BCUT2D eigenvalue weighted by molar-refractivity contribution is 5.78. The Bertz CT molecular complexity index is 783. The Morgan fingerprint density at radius 2 is 1.89 bits per heavy atom. The van der Waals surface area contributed by atoms with E-state index in [1.165, 1.54) is 31.4 Å². The molecule has 2 fully saturated rings. The van der Waals surface area contributed by atoms with Crippen molar-refractivity contribution in [2.75, 3.05) is 32.7 Å². The average molecular weight is 385 g/mol. The van der Waals surface area contributed by atoms with Crippen molar-refractivity contribution in [1.29, 1.82) is 0 Å². The minimum Gasteiger partial charge on any atom is -0.445 e. The van der Waals surface area contributed by atoms with Gasteiger partial charge in [0.15, 0.2) is 5.89 Å². The van der Waals surface area contributed by atoms with E-state index in [0.717, 1.165) is 43.8 Å². The lowest BCUT2D eigenvalue weighted by Gasteiger charge is -2.34. The third-order valence-electron chi connectivity index (χ3n) is 5.79. The number of aromatic nitrogens is 1. The average Bonchev–Trinajstić information content (AvgIpc) is 3.19. The van der Waals surface area contributed by atoms with Crippen LogP contribution in [0.25, 0.3) is 0 Å². The molecule has 0 bridgehead atoms. The van der Waals surface area contributed by atoms with E-state index in [-0.39, 0.29) is 17.6 Å². The van der Waals surface area contributed by atoms with Crippen LogP contribution in [0.3, 0.4) is 0 Å². The van der Waals surface area contributed by atoms with Crippen LogP contribution in [0.4, 0.5) is 4.39 Å². The summed E-state index contributed by atoms with van der Waals surface area (Å²) in [5.74, 6) is 1.63. The van der Waals surface area contributed by atoms with E-state index in [2.05, 4.69) is 9.88 Å². The summed E-state index contributed by atoms with van der Waals surface area (Å²) in [5.41, 5.74) is 0.992. The molecule has 0 saturated carbocycles. The van der Waals surface area contributed by atoms with Crippen molar-refractivity contribution >= 4 is 5.91 Å². The van der Waals surface area contributed by atoms with Crippen LogP contribution >= 0.6 is 0 Å². The lowest BCUT2D eigenvalue weighted by molar-refractivity contribution is -0.134. The van der Waals surface area contributed by atoms with Crippen LogP contribution in [0.1, 0.15) is 55.2 Å². The fraction of sp³-hybridized carbons (Fsp3) is 0.545. The van der Waals surface area contributed by atoms with E-state index in [9.17, 15) is 9.18 Å². The minimum atomic E-state index is -0.237. The molecule has 2 aromatic rings. The van der Waals surface area contributed by atoms with Crippen LogP contribution in [-0.4, -0.2) is 53.4 Å². The molecule has 2 aliphatic heterocycles. The predicted molar refractivity (Wildman–Crippen MR) is 105 cm³/mol. The van der Waals surface area contributed by atoms with Crippen molar-refractivity contribution in [2.45, 2.75) is 44.4 Å². The lowest BCUT2D eigenvalue weighted by Crippen LogP contribution is -2.45. The second-order valence-electron chi connectivity index (χ2n) is 7.98. The first-order valence-corrected chi connectivity index (χ1v) is 10.4. The van der Waals surface area contributed by atoms with Gasteiger partial charge in [-0.2, -0.15) is 0 Å². The SMILES string of the molecule is O=C(CN1CCCCC1)N1CCCC(c2ncc(Cc3ccc(F)cc3)o2)C1. The molecule has 3 heterocycles. The van der Waals surface area contributed by atoms with E-state index >= 15 is 0 Å². The second kappa shape index (κ2) is 8.86. The number of carbonyl (C=O) groups excluding carboxylic acids is 1. The molecule has 1 atom stereocenters. The van der Waals surface area contributed by atoms with Crippen molar-refractivity contribution in [3.63, 3.8) is 0 Å². The van der Waals surface area contributed by atoms with Gasteiger partial charge in [-0.25, -0.2) is 9.37 Å². The zero-order valence-electron chi connectivity index (χ0n) is 16.3. The number of nitrogens with zero attached hydrogens (tertiary/aromatic N) is 3. The zero-order chi connectivity index (χ0) is 19.3. The van der Waals surface area contributed by atoms with Gasteiger partial charge in [0.25, 0.3) is 0 Å². The summed E-state index contributed by atoms with van der Waals surface area (Å²) in [5, 5.41) is 0. The van der Waals surface area contributed by atoms with E-state index in [1.54, 1.807) is 18.3 Å². The number of rotatable bonds is 5. The van der Waals surface area contributed by atoms with E-state index in [4.69, 9.17) is 4.42 Å². The molecule has 150 valence electrons. The molecule has 4 rings (SSSR count). The molecule has 1 amide bonds. The molecule has 6 heteroatoms. The van der Waals surface area contributed by atoms with E-state index in [0.29, 0.717) is 25.4 Å². The zero-order valence-corrected chi connectivity index (χ0v) is 16.3. The van der Waals surface area contributed by atoms with Gasteiger partial charge in [0.2, 0.25) is 5.91 Å². The van der Waals surface area contributed by atoms with Crippen LogP contribution < -0.4 is 0 Å². The number of hydrogen-bond donors (Lipinski definition) is 0. The summed E-state index contributed by atoms with van der Waals surface area (Å²) in [7, 11) is 0. The number of benzene rings is 1. The molecule has 1 aromatic heterocycles. The Balaban J connectivity index is 1.34. The summed E-state index contributed by atoms with van der Waals surface area (Å²) >= 11 is 0. The first-order valence-electron chi connectivity index (χ1n) is 10.4. The number of hydrogen-bond acceptors (Lipinski definition) is 4. The lowest BCUT2D eigenvalue weighted by atomic mass is 9.98. The summed E-state index contributed by atoms with van der Waals surface area (Å²) in [6, 6.07) is 6.44. The highest BCUT2D eigenvalue weighted by Crippen LogP contribution is 2.27. The fourth-order valence-electron chi connectivity index (χ4n) is 4.21. The summed E-state index contributed by atoms with van der Waals surface area (Å²) in [6.45, 7) is 4.12. The van der Waals surface area contributed by atoms with Crippen LogP contribution in [0.2, 0.25) is 0 Å². The van der Waals surface area contributed by atoms with Crippen molar-refractivity contribution < 1.29 is 13.6 Å². The van der Waals surface area contributed by atoms with Crippen molar-refractivity contribution in [1.82, 2.24) is 14.8 Å². The molecule has 1 unspecified atom stereocenters. The van der Waals surface area contributed by atoms with Crippen molar-refractivity contribution in [3.8, 4) is 0 Å². The van der Waals surface area contributed by atoms with Crippen LogP contribution in [-0.2, 0) is 11.2 Å². The third-order valence-corrected chi connectivity index (χ3v) is 5.79.